The van der Waals surface area contributed by atoms with Crippen molar-refractivity contribution in [2.45, 2.75) is 30.7 Å². The van der Waals surface area contributed by atoms with Gasteiger partial charge in [0.05, 0.1) is 17.4 Å². The summed E-state index contributed by atoms with van der Waals surface area (Å²) in [5.74, 6) is -0.323. The lowest BCUT2D eigenvalue weighted by Gasteiger charge is -2.36. The Bertz CT molecular complexity index is 1050. The molecule has 2 amide bonds. The maximum Gasteiger partial charge on any atom is 0.247 e. The lowest BCUT2D eigenvalue weighted by molar-refractivity contribution is -0.139. The van der Waals surface area contributed by atoms with Gasteiger partial charge in [-0.1, -0.05) is 48.0 Å². The number of benzene rings is 2. The molecule has 2 heterocycles. The minimum Gasteiger partial charge on any atom is -0.289 e. The second-order valence-electron chi connectivity index (χ2n) is 8.09. The van der Waals surface area contributed by atoms with Gasteiger partial charge in [0.1, 0.15) is 0 Å². The molecule has 1 atom stereocenters. The van der Waals surface area contributed by atoms with Gasteiger partial charge in [-0.2, -0.15) is 4.31 Å². The molecule has 0 aromatic heterocycles. The quantitative estimate of drug-likeness (QED) is 0.638. The number of amides is 2. The van der Waals surface area contributed by atoms with Crippen LogP contribution in [0.5, 0.6) is 0 Å². The normalized spacial score (nSPS) is 21.1. The Morgan fingerprint density at radius 3 is 2.19 bits per heavy atom. The van der Waals surface area contributed by atoms with Crippen molar-refractivity contribution in [2.24, 2.45) is 0 Å². The summed E-state index contributed by atoms with van der Waals surface area (Å²) in [6.07, 6.45) is 0.798. The lowest BCUT2D eigenvalue weighted by Crippen LogP contribution is -2.53. The van der Waals surface area contributed by atoms with Crippen LogP contribution >= 0.6 is 0 Å². The summed E-state index contributed by atoms with van der Waals surface area (Å²) in [6, 6.07) is 16.1. The molecular weight excluding hydrogens is 414 g/mol. The van der Waals surface area contributed by atoms with Crippen molar-refractivity contribution in [3.05, 3.63) is 65.7 Å². The van der Waals surface area contributed by atoms with Crippen LogP contribution in [0, 0.1) is 6.92 Å². The van der Waals surface area contributed by atoms with Gasteiger partial charge >= 0.3 is 0 Å². The number of nitrogens with zero attached hydrogens (tertiary/aromatic N) is 3. The standard InChI is InChI=1S/C23H27N3O4S/c1-18-7-9-20(10-8-18)31(29,30)25-15-13-24(14-16-25)21-17-22(27)26(23(21)28)12-11-19-5-3-2-4-6-19/h2-10,21H,11-17H2,1H3. The molecule has 0 N–H and O–H groups in total. The molecule has 7 nitrogen and oxygen atoms in total. The van der Waals surface area contributed by atoms with Crippen molar-refractivity contribution in [3.63, 3.8) is 0 Å². The predicted octanol–water partition coefficient (Wildman–Crippen LogP) is 1.67. The van der Waals surface area contributed by atoms with Crippen molar-refractivity contribution < 1.29 is 18.0 Å². The molecule has 1 unspecified atom stereocenters. The number of aryl methyl sites for hydroxylation is 1. The van der Waals surface area contributed by atoms with Crippen LogP contribution in [0.4, 0.5) is 0 Å². The molecule has 2 aliphatic heterocycles. The van der Waals surface area contributed by atoms with E-state index in [0.29, 0.717) is 39.1 Å². The first-order valence-electron chi connectivity index (χ1n) is 10.6. The molecule has 4 rings (SSSR count). The lowest BCUT2D eigenvalue weighted by atomic mass is 10.1. The van der Waals surface area contributed by atoms with Crippen molar-refractivity contribution >= 4 is 21.8 Å². The highest BCUT2D eigenvalue weighted by molar-refractivity contribution is 7.89. The third kappa shape index (κ3) is 4.56. The van der Waals surface area contributed by atoms with Gasteiger partial charge in [-0.25, -0.2) is 8.42 Å². The monoisotopic (exact) mass is 441 g/mol. The molecule has 2 aromatic rings. The number of hydrogen-bond acceptors (Lipinski definition) is 5. The van der Waals surface area contributed by atoms with Gasteiger partial charge in [-0.15, -0.1) is 0 Å². The number of piperazine rings is 1. The Hall–Kier alpha value is -2.55. The highest BCUT2D eigenvalue weighted by atomic mass is 32.2. The summed E-state index contributed by atoms with van der Waals surface area (Å²) in [6.45, 7) is 3.76. The third-order valence-electron chi connectivity index (χ3n) is 6.06. The molecular formula is C23H27N3O4S. The summed E-state index contributed by atoms with van der Waals surface area (Å²) in [4.78, 5) is 29.0. The number of rotatable bonds is 6. The molecule has 0 radical (unpaired) electrons. The number of imide groups is 1. The minimum absolute atomic E-state index is 0.152. The number of sulfonamides is 1. The fraction of sp³-hybridized carbons (Fsp3) is 0.391. The second kappa shape index (κ2) is 8.90. The molecule has 0 bridgehead atoms. The maximum absolute atomic E-state index is 12.9. The topological polar surface area (TPSA) is 78.0 Å². The average molecular weight is 442 g/mol. The number of carbonyl (C=O) groups is 2. The number of hydrogen-bond donors (Lipinski definition) is 0. The molecule has 0 spiro atoms. The van der Waals surface area contributed by atoms with Crippen molar-refractivity contribution in [2.75, 3.05) is 32.7 Å². The van der Waals surface area contributed by atoms with E-state index in [1.807, 2.05) is 42.2 Å². The molecule has 2 aliphatic rings. The fourth-order valence-corrected chi connectivity index (χ4v) is 5.61. The van der Waals surface area contributed by atoms with Gasteiger partial charge in [0.2, 0.25) is 21.8 Å². The van der Waals surface area contributed by atoms with Gasteiger partial charge in [0, 0.05) is 32.7 Å². The van der Waals surface area contributed by atoms with E-state index in [9.17, 15) is 18.0 Å². The maximum atomic E-state index is 12.9. The van der Waals surface area contributed by atoms with Crippen molar-refractivity contribution in [1.29, 1.82) is 0 Å². The Balaban J connectivity index is 1.36. The predicted molar refractivity (Wildman–Crippen MR) is 117 cm³/mol. The van der Waals surface area contributed by atoms with E-state index in [1.54, 1.807) is 24.3 Å². The van der Waals surface area contributed by atoms with Gasteiger partial charge in [-0.3, -0.25) is 19.4 Å². The Morgan fingerprint density at radius 2 is 1.55 bits per heavy atom. The van der Waals surface area contributed by atoms with Crippen LogP contribution in [-0.2, 0) is 26.0 Å². The van der Waals surface area contributed by atoms with Gasteiger partial charge in [0.25, 0.3) is 0 Å². The van der Waals surface area contributed by atoms with E-state index in [1.165, 1.54) is 9.21 Å². The van der Waals surface area contributed by atoms with E-state index >= 15 is 0 Å². The largest absolute Gasteiger partial charge is 0.289 e. The van der Waals surface area contributed by atoms with Crippen LogP contribution in [0.3, 0.4) is 0 Å². The molecule has 2 aromatic carbocycles. The Labute approximate surface area is 183 Å². The highest BCUT2D eigenvalue weighted by Gasteiger charge is 2.43. The van der Waals surface area contributed by atoms with Crippen LogP contribution in [-0.4, -0.2) is 73.1 Å². The molecule has 2 saturated heterocycles. The van der Waals surface area contributed by atoms with Gasteiger partial charge < -0.3 is 0 Å². The molecule has 0 aliphatic carbocycles. The second-order valence-corrected chi connectivity index (χ2v) is 10.0. The fourth-order valence-electron chi connectivity index (χ4n) is 4.19. The van der Waals surface area contributed by atoms with Crippen LogP contribution in [0.2, 0.25) is 0 Å². The molecule has 8 heteroatoms. The number of carbonyl (C=O) groups excluding carboxylic acids is 2. The zero-order valence-electron chi connectivity index (χ0n) is 17.6. The molecule has 2 fully saturated rings. The summed E-state index contributed by atoms with van der Waals surface area (Å²) in [5, 5.41) is 0. The number of likely N-dealkylation sites (tertiary alicyclic amines) is 1. The van der Waals surface area contributed by atoms with E-state index in [2.05, 4.69) is 0 Å². The Kier molecular flexibility index (Phi) is 6.22. The summed E-state index contributed by atoms with van der Waals surface area (Å²) in [5.41, 5.74) is 2.09. The van der Waals surface area contributed by atoms with Crippen LogP contribution in [0.15, 0.2) is 59.5 Å². The summed E-state index contributed by atoms with van der Waals surface area (Å²) >= 11 is 0. The Morgan fingerprint density at radius 1 is 0.903 bits per heavy atom. The van der Waals surface area contributed by atoms with Gasteiger partial charge in [0.15, 0.2) is 0 Å². The van der Waals surface area contributed by atoms with Crippen LogP contribution < -0.4 is 0 Å². The average Bonchev–Trinajstić information content (AvgIpc) is 3.07. The van der Waals surface area contributed by atoms with E-state index < -0.39 is 16.1 Å². The summed E-state index contributed by atoms with van der Waals surface area (Å²) in [7, 11) is -3.56. The van der Waals surface area contributed by atoms with E-state index in [-0.39, 0.29) is 23.1 Å². The zero-order chi connectivity index (χ0) is 22.0. The smallest absolute Gasteiger partial charge is 0.247 e. The first kappa shape index (κ1) is 21.7. The van der Waals surface area contributed by atoms with E-state index in [0.717, 1.165) is 11.1 Å². The van der Waals surface area contributed by atoms with Crippen LogP contribution in [0.25, 0.3) is 0 Å². The van der Waals surface area contributed by atoms with E-state index in [4.69, 9.17) is 0 Å². The summed E-state index contributed by atoms with van der Waals surface area (Å²) < 4.78 is 27.2. The highest BCUT2D eigenvalue weighted by Crippen LogP contribution is 2.23. The van der Waals surface area contributed by atoms with Crippen molar-refractivity contribution in [1.82, 2.24) is 14.1 Å². The molecule has 0 saturated carbocycles. The molecule has 164 valence electrons. The first-order valence-corrected chi connectivity index (χ1v) is 12.0. The third-order valence-corrected chi connectivity index (χ3v) is 7.97. The van der Waals surface area contributed by atoms with Crippen molar-refractivity contribution in [3.8, 4) is 0 Å². The SMILES string of the molecule is Cc1ccc(S(=O)(=O)N2CCN(C3CC(=O)N(CCc4ccccc4)C3=O)CC2)cc1. The van der Waals surface area contributed by atoms with Crippen LogP contribution in [0.1, 0.15) is 17.5 Å². The zero-order valence-corrected chi connectivity index (χ0v) is 18.4. The van der Waals surface area contributed by atoms with Gasteiger partial charge in [-0.05, 0) is 31.0 Å². The molecule has 31 heavy (non-hydrogen) atoms. The first-order chi connectivity index (χ1) is 14.9. The minimum atomic E-state index is -3.56.